The van der Waals surface area contributed by atoms with Crippen molar-refractivity contribution in [1.82, 2.24) is 15.6 Å². The van der Waals surface area contributed by atoms with Crippen molar-refractivity contribution in [2.24, 2.45) is 4.99 Å². The molecule has 0 aliphatic heterocycles. The molecule has 2 aromatic rings. The molecule has 132 valence electrons. The van der Waals surface area contributed by atoms with Crippen molar-refractivity contribution in [3.05, 3.63) is 40.2 Å². The molecule has 0 bridgehead atoms. The molecule has 6 nitrogen and oxygen atoms in total. The first-order valence-corrected chi connectivity index (χ1v) is 9.15. The van der Waals surface area contributed by atoms with Gasteiger partial charge in [0.25, 0.3) is 0 Å². The highest BCUT2D eigenvalue weighted by Crippen LogP contribution is 2.21. The largest absolute Gasteiger partial charge is 0.466 e. The third kappa shape index (κ3) is 5.35. The van der Waals surface area contributed by atoms with Gasteiger partial charge in [-0.05, 0) is 32.4 Å². The van der Waals surface area contributed by atoms with E-state index in [1.807, 2.05) is 6.92 Å². The van der Waals surface area contributed by atoms with E-state index in [9.17, 15) is 5.11 Å². The molecule has 0 aliphatic rings. The Morgan fingerprint density at radius 1 is 1.42 bits per heavy atom. The Kier molecular flexibility index (Phi) is 6.81. The Hall–Kier alpha value is -1.86. The van der Waals surface area contributed by atoms with E-state index in [1.165, 1.54) is 5.01 Å². The van der Waals surface area contributed by atoms with Crippen molar-refractivity contribution in [2.75, 3.05) is 19.6 Å². The number of aromatic nitrogens is 1. The van der Waals surface area contributed by atoms with Gasteiger partial charge in [-0.2, -0.15) is 0 Å². The number of hydrogen-bond donors (Lipinski definition) is 3. The second kappa shape index (κ2) is 8.84. The smallest absolute Gasteiger partial charge is 0.191 e. The van der Waals surface area contributed by atoms with Crippen LogP contribution in [0.5, 0.6) is 0 Å². The lowest BCUT2D eigenvalue weighted by atomic mass is 10.0. The van der Waals surface area contributed by atoms with Crippen molar-refractivity contribution in [2.45, 2.75) is 39.2 Å². The van der Waals surface area contributed by atoms with E-state index >= 15 is 0 Å². The predicted octanol–water partition coefficient (Wildman–Crippen LogP) is 2.30. The van der Waals surface area contributed by atoms with Crippen LogP contribution in [0.3, 0.4) is 0 Å². The van der Waals surface area contributed by atoms with Crippen molar-refractivity contribution in [3.8, 4) is 0 Å². The quantitative estimate of drug-likeness (QED) is 0.503. The van der Waals surface area contributed by atoms with Crippen LogP contribution in [0.15, 0.2) is 33.2 Å². The van der Waals surface area contributed by atoms with Crippen LogP contribution in [0.4, 0.5) is 0 Å². The second-order valence-corrected chi connectivity index (χ2v) is 6.65. The standard InChI is InChI=1S/C17H26N4O2S/c1-4-15-21-13(11-24-15)8-9-19-16(18-5-2)20-12-17(3,22)14-7-6-10-23-14/h6-7,10-11,22H,4-5,8-9,12H2,1-3H3,(H2,18,19,20). The first-order chi connectivity index (χ1) is 11.5. The maximum absolute atomic E-state index is 10.5. The summed E-state index contributed by atoms with van der Waals surface area (Å²) in [5, 5.41) is 20.2. The maximum atomic E-state index is 10.5. The summed E-state index contributed by atoms with van der Waals surface area (Å²) >= 11 is 1.70. The van der Waals surface area contributed by atoms with Crippen LogP contribution in [0.1, 0.15) is 37.2 Å². The van der Waals surface area contributed by atoms with Gasteiger partial charge < -0.3 is 20.2 Å². The highest BCUT2D eigenvalue weighted by molar-refractivity contribution is 7.09. The molecule has 7 heteroatoms. The van der Waals surface area contributed by atoms with Gasteiger partial charge in [-0.25, -0.2) is 9.98 Å². The summed E-state index contributed by atoms with van der Waals surface area (Å²) in [6.45, 7) is 7.53. The average Bonchev–Trinajstić information content (AvgIpc) is 3.24. The van der Waals surface area contributed by atoms with Gasteiger partial charge in [0.1, 0.15) is 11.4 Å². The first-order valence-electron chi connectivity index (χ1n) is 8.27. The number of hydrogen-bond acceptors (Lipinski definition) is 5. The number of aliphatic hydroxyl groups is 1. The Labute approximate surface area is 147 Å². The summed E-state index contributed by atoms with van der Waals surface area (Å²) in [5.41, 5.74) is -0.0284. The molecule has 0 fully saturated rings. The zero-order chi connectivity index (χ0) is 17.4. The third-order valence-corrected chi connectivity index (χ3v) is 4.56. The molecule has 0 saturated carbocycles. The van der Waals surface area contributed by atoms with E-state index in [4.69, 9.17) is 4.42 Å². The molecule has 0 aliphatic carbocycles. The van der Waals surface area contributed by atoms with Crippen LogP contribution >= 0.6 is 11.3 Å². The molecular weight excluding hydrogens is 324 g/mol. The van der Waals surface area contributed by atoms with E-state index in [2.05, 4.69) is 32.9 Å². The number of aryl methyl sites for hydroxylation is 1. The molecule has 1 atom stereocenters. The topological polar surface area (TPSA) is 82.7 Å². The molecule has 0 aromatic carbocycles. The van der Waals surface area contributed by atoms with Crippen LogP contribution in [-0.2, 0) is 18.4 Å². The average molecular weight is 350 g/mol. The molecule has 0 radical (unpaired) electrons. The molecule has 3 N–H and O–H groups in total. The van der Waals surface area contributed by atoms with Crippen LogP contribution in [0.25, 0.3) is 0 Å². The minimum atomic E-state index is -1.13. The Morgan fingerprint density at radius 3 is 2.88 bits per heavy atom. The number of nitrogens with one attached hydrogen (secondary N) is 2. The fraction of sp³-hybridized carbons (Fsp3) is 0.529. The Morgan fingerprint density at radius 2 is 2.25 bits per heavy atom. The van der Waals surface area contributed by atoms with E-state index in [0.29, 0.717) is 11.7 Å². The summed E-state index contributed by atoms with van der Waals surface area (Å²) in [4.78, 5) is 9.02. The third-order valence-electron chi connectivity index (χ3n) is 3.52. The first kappa shape index (κ1) is 18.5. The van der Waals surface area contributed by atoms with Crippen molar-refractivity contribution < 1.29 is 9.52 Å². The van der Waals surface area contributed by atoms with Gasteiger partial charge in [0.2, 0.25) is 0 Å². The molecule has 0 saturated heterocycles. The van der Waals surface area contributed by atoms with E-state index in [0.717, 1.165) is 31.6 Å². The van der Waals surface area contributed by atoms with Crippen LogP contribution < -0.4 is 10.6 Å². The van der Waals surface area contributed by atoms with E-state index in [1.54, 1.807) is 36.7 Å². The summed E-state index contributed by atoms with van der Waals surface area (Å²) in [5.74, 6) is 1.19. The van der Waals surface area contributed by atoms with Gasteiger partial charge in [0.15, 0.2) is 5.96 Å². The second-order valence-electron chi connectivity index (χ2n) is 5.71. The van der Waals surface area contributed by atoms with Gasteiger partial charge in [-0.3, -0.25) is 0 Å². The lowest BCUT2D eigenvalue weighted by Crippen LogP contribution is -2.39. The lowest BCUT2D eigenvalue weighted by Gasteiger charge is -2.19. The summed E-state index contributed by atoms with van der Waals surface area (Å²) in [6, 6.07) is 3.51. The van der Waals surface area contributed by atoms with Gasteiger partial charge in [-0.1, -0.05) is 6.92 Å². The highest BCUT2D eigenvalue weighted by atomic mass is 32.1. The Bertz CT molecular complexity index is 635. The normalized spacial score (nSPS) is 14.4. The van der Waals surface area contributed by atoms with Gasteiger partial charge >= 0.3 is 0 Å². The van der Waals surface area contributed by atoms with Gasteiger partial charge in [0.05, 0.1) is 23.5 Å². The molecule has 24 heavy (non-hydrogen) atoms. The molecule has 0 spiro atoms. The van der Waals surface area contributed by atoms with Crippen LogP contribution in [-0.4, -0.2) is 35.7 Å². The SMILES string of the molecule is CCNC(=NCC(C)(O)c1ccco1)NCCc1csc(CC)n1. The number of nitrogens with zero attached hydrogens (tertiary/aromatic N) is 2. The number of guanidine groups is 1. The molecule has 1 unspecified atom stereocenters. The minimum absolute atomic E-state index is 0.215. The number of aliphatic imine (C=N–C) groups is 1. The number of thiazole rings is 1. The lowest BCUT2D eigenvalue weighted by molar-refractivity contribution is 0.0437. The van der Waals surface area contributed by atoms with E-state index in [-0.39, 0.29) is 6.54 Å². The predicted molar refractivity (Wildman–Crippen MR) is 97.5 cm³/mol. The number of rotatable bonds is 8. The summed E-state index contributed by atoms with van der Waals surface area (Å²) < 4.78 is 5.28. The fourth-order valence-corrected chi connectivity index (χ4v) is 2.95. The van der Waals surface area contributed by atoms with E-state index < -0.39 is 5.60 Å². The van der Waals surface area contributed by atoms with Gasteiger partial charge in [-0.15, -0.1) is 11.3 Å². The zero-order valence-corrected chi connectivity index (χ0v) is 15.3. The summed E-state index contributed by atoms with van der Waals surface area (Å²) in [7, 11) is 0. The fourth-order valence-electron chi connectivity index (χ4n) is 2.17. The molecule has 2 rings (SSSR count). The highest BCUT2D eigenvalue weighted by Gasteiger charge is 2.26. The molecule has 2 aromatic heterocycles. The minimum Gasteiger partial charge on any atom is -0.466 e. The molecule has 2 heterocycles. The van der Waals surface area contributed by atoms with Crippen molar-refractivity contribution in [3.63, 3.8) is 0 Å². The van der Waals surface area contributed by atoms with Gasteiger partial charge in [0, 0.05) is 24.9 Å². The van der Waals surface area contributed by atoms with Crippen LogP contribution in [0, 0.1) is 0 Å². The number of furan rings is 1. The van der Waals surface area contributed by atoms with Crippen molar-refractivity contribution >= 4 is 17.3 Å². The van der Waals surface area contributed by atoms with Crippen LogP contribution in [0.2, 0.25) is 0 Å². The van der Waals surface area contributed by atoms with Crippen molar-refractivity contribution in [1.29, 1.82) is 0 Å². The molecular formula is C17H26N4O2S. The Balaban J connectivity index is 1.88. The summed E-state index contributed by atoms with van der Waals surface area (Å²) in [6.07, 6.45) is 3.37. The molecule has 0 amide bonds. The maximum Gasteiger partial charge on any atom is 0.191 e. The monoisotopic (exact) mass is 350 g/mol. The zero-order valence-electron chi connectivity index (χ0n) is 14.5.